The average Bonchev–Trinajstić information content (AvgIpc) is 2.78. The molecule has 27 heavy (non-hydrogen) atoms. The largest absolute Gasteiger partial charge is 0.325 e. The van der Waals surface area contributed by atoms with Crippen LogP contribution in [0.4, 0.5) is 10.5 Å². The topological polar surface area (TPSA) is 78.5 Å². The molecule has 2 N–H and O–H groups in total. The monoisotopic (exact) mass is 405 g/mol. The number of imide groups is 1. The number of nitrogens with one attached hydrogen (secondary N) is 2. The van der Waals surface area contributed by atoms with Crippen LogP contribution in [-0.4, -0.2) is 29.3 Å². The number of urea groups is 1. The van der Waals surface area contributed by atoms with Crippen LogP contribution in [0.1, 0.15) is 18.1 Å². The Labute approximate surface area is 166 Å². The van der Waals surface area contributed by atoms with Gasteiger partial charge in [0.1, 0.15) is 12.1 Å². The van der Waals surface area contributed by atoms with Crippen molar-refractivity contribution in [1.82, 2.24) is 10.2 Å². The fourth-order valence-electron chi connectivity index (χ4n) is 2.99. The summed E-state index contributed by atoms with van der Waals surface area (Å²) in [5.74, 6) is -1.04. The molecule has 0 radical (unpaired) electrons. The molecular formula is C19H17Cl2N3O3. The normalized spacial score (nSPS) is 19.2. The van der Waals surface area contributed by atoms with E-state index in [1.165, 1.54) is 6.07 Å². The molecule has 2 aromatic carbocycles. The van der Waals surface area contributed by atoms with Crippen molar-refractivity contribution in [2.45, 2.75) is 19.4 Å². The lowest BCUT2D eigenvalue weighted by molar-refractivity contribution is -0.133. The highest BCUT2D eigenvalue weighted by Crippen LogP contribution is 2.34. The molecule has 3 rings (SSSR count). The molecule has 6 nitrogen and oxygen atoms in total. The maximum Gasteiger partial charge on any atom is 0.325 e. The molecule has 4 amide bonds. The summed E-state index contributed by atoms with van der Waals surface area (Å²) in [7, 11) is 0. The van der Waals surface area contributed by atoms with Gasteiger partial charge in [-0.1, -0.05) is 41.4 Å². The van der Waals surface area contributed by atoms with Crippen LogP contribution < -0.4 is 10.6 Å². The highest BCUT2D eigenvalue weighted by atomic mass is 35.5. The van der Waals surface area contributed by atoms with Crippen LogP contribution in [-0.2, 0) is 15.1 Å². The first-order chi connectivity index (χ1) is 12.7. The molecule has 0 spiro atoms. The number of hydrogen-bond donors (Lipinski definition) is 2. The van der Waals surface area contributed by atoms with Crippen molar-refractivity contribution in [2.24, 2.45) is 0 Å². The standard InChI is InChI=1S/C19H17Cl2N3O3/c1-11-4-3-5-13(8-11)22-16(25)10-24-17(26)19(2,23-18(24)27)14-7-6-12(20)9-15(14)21/h3-9H,10H2,1-2H3,(H,22,25)(H,23,27)/t19-/m1/s1. The van der Waals surface area contributed by atoms with Crippen LogP contribution in [0.15, 0.2) is 42.5 Å². The summed E-state index contributed by atoms with van der Waals surface area (Å²) in [6, 6.07) is 11.2. The predicted octanol–water partition coefficient (Wildman–Crippen LogP) is 3.71. The van der Waals surface area contributed by atoms with E-state index in [4.69, 9.17) is 23.2 Å². The van der Waals surface area contributed by atoms with Crippen molar-refractivity contribution in [3.63, 3.8) is 0 Å². The second-order valence-electron chi connectivity index (χ2n) is 6.49. The van der Waals surface area contributed by atoms with E-state index >= 15 is 0 Å². The summed E-state index contributed by atoms with van der Waals surface area (Å²) in [6.07, 6.45) is 0. The Bertz CT molecular complexity index is 948. The molecule has 1 heterocycles. The van der Waals surface area contributed by atoms with Crippen molar-refractivity contribution in [3.05, 3.63) is 63.6 Å². The maximum atomic E-state index is 12.9. The predicted molar refractivity (Wildman–Crippen MR) is 104 cm³/mol. The minimum absolute atomic E-state index is 0.254. The summed E-state index contributed by atoms with van der Waals surface area (Å²) in [5.41, 5.74) is 0.611. The zero-order valence-corrected chi connectivity index (χ0v) is 16.2. The van der Waals surface area contributed by atoms with Crippen molar-refractivity contribution in [2.75, 3.05) is 11.9 Å². The van der Waals surface area contributed by atoms with Gasteiger partial charge < -0.3 is 10.6 Å². The molecule has 0 unspecified atom stereocenters. The van der Waals surface area contributed by atoms with E-state index < -0.39 is 29.9 Å². The smallest absolute Gasteiger partial charge is 0.325 e. The number of carbonyl (C=O) groups excluding carboxylic acids is 3. The summed E-state index contributed by atoms with van der Waals surface area (Å²) in [4.78, 5) is 38.4. The number of carbonyl (C=O) groups is 3. The molecule has 0 aliphatic carbocycles. The molecule has 1 aliphatic rings. The zero-order valence-electron chi connectivity index (χ0n) is 14.7. The lowest BCUT2D eigenvalue weighted by Crippen LogP contribution is -2.42. The van der Waals surface area contributed by atoms with Crippen LogP contribution in [0, 0.1) is 6.92 Å². The van der Waals surface area contributed by atoms with Crippen LogP contribution >= 0.6 is 23.2 Å². The fraction of sp³-hybridized carbons (Fsp3) is 0.211. The Balaban J connectivity index is 1.78. The van der Waals surface area contributed by atoms with Gasteiger partial charge in [-0.15, -0.1) is 0 Å². The van der Waals surface area contributed by atoms with Gasteiger partial charge in [-0.2, -0.15) is 0 Å². The van der Waals surface area contributed by atoms with Gasteiger partial charge in [0, 0.05) is 21.3 Å². The van der Waals surface area contributed by atoms with E-state index in [2.05, 4.69) is 10.6 Å². The van der Waals surface area contributed by atoms with Crippen LogP contribution in [0.5, 0.6) is 0 Å². The van der Waals surface area contributed by atoms with Crippen LogP contribution in [0.2, 0.25) is 10.0 Å². The first-order valence-corrected chi connectivity index (χ1v) is 8.92. The van der Waals surface area contributed by atoms with Gasteiger partial charge in [-0.25, -0.2) is 4.79 Å². The molecule has 2 aromatic rings. The second kappa shape index (κ2) is 7.21. The van der Waals surface area contributed by atoms with Crippen molar-refractivity contribution in [3.8, 4) is 0 Å². The van der Waals surface area contributed by atoms with E-state index in [1.807, 2.05) is 13.0 Å². The SMILES string of the molecule is Cc1cccc(NC(=O)CN2C(=O)N[C@](C)(c3ccc(Cl)cc3Cl)C2=O)c1. The molecule has 0 saturated carbocycles. The summed E-state index contributed by atoms with van der Waals surface area (Å²) in [5, 5.41) is 5.96. The quantitative estimate of drug-likeness (QED) is 0.760. The van der Waals surface area contributed by atoms with Gasteiger partial charge in [0.05, 0.1) is 0 Å². The van der Waals surface area contributed by atoms with E-state index in [9.17, 15) is 14.4 Å². The lowest BCUT2D eigenvalue weighted by Gasteiger charge is -2.23. The maximum absolute atomic E-state index is 12.9. The fourth-order valence-corrected chi connectivity index (χ4v) is 3.58. The van der Waals surface area contributed by atoms with Gasteiger partial charge in [0.25, 0.3) is 5.91 Å². The lowest BCUT2D eigenvalue weighted by atomic mass is 9.92. The Hall–Kier alpha value is -2.57. The first-order valence-electron chi connectivity index (χ1n) is 8.17. The summed E-state index contributed by atoms with van der Waals surface area (Å²) in [6.45, 7) is 3.04. The molecule has 1 fully saturated rings. The third-order valence-corrected chi connectivity index (χ3v) is 4.90. The molecule has 0 bridgehead atoms. The van der Waals surface area contributed by atoms with Crippen molar-refractivity contribution >= 4 is 46.7 Å². The van der Waals surface area contributed by atoms with E-state index in [-0.39, 0.29) is 5.02 Å². The average molecular weight is 406 g/mol. The molecule has 1 aliphatic heterocycles. The van der Waals surface area contributed by atoms with Crippen molar-refractivity contribution < 1.29 is 14.4 Å². The number of hydrogen-bond acceptors (Lipinski definition) is 3. The first kappa shape index (κ1) is 19.2. The number of aryl methyl sites for hydroxylation is 1. The molecule has 140 valence electrons. The molecule has 8 heteroatoms. The number of amides is 4. The minimum Gasteiger partial charge on any atom is -0.325 e. The van der Waals surface area contributed by atoms with Crippen molar-refractivity contribution in [1.29, 1.82) is 0 Å². The molecule has 0 aromatic heterocycles. The van der Waals surface area contributed by atoms with E-state index in [0.29, 0.717) is 16.3 Å². The number of nitrogens with zero attached hydrogens (tertiary/aromatic N) is 1. The van der Waals surface area contributed by atoms with Gasteiger partial charge in [-0.05, 0) is 43.7 Å². The Morgan fingerprint density at radius 3 is 2.59 bits per heavy atom. The van der Waals surface area contributed by atoms with Gasteiger partial charge in [0.2, 0.25) is 5.91 Å². The molecule has 1 saturated heterocycles. The second-order valence-corrected chi connectivity index (χ2v) is 7.33. The molecule has 1 atom stereocenters. The minimum atomic E-state index is -1.37. The summed E-state index contributed by atoms with van der Waals surface area (Å²) >= 11 is 12.1. The third-order valence-electron chi connectivity index (χ3n) is 4.35. The van der Waals surface area contributed by atoms with Crippen LogP contribution in [0.3, 0.4) is 0 Å². The number of rotatable bonds is 4. The highest BCUT2D eigenvalue weighted by Gasteiger charge is 2.50. The summed E-state index contributed by atoms with van der Waals surface area (Å²) < 4.78 is 0. The van der Waals surface area contributed by atoms with E-state index in [0.717, 1.165) is 10.5 Å². The highest BCUT2D eigenvalue weighted by molar-refractivity contribution is 6.35. The van der Waals surface area contributed by atoms with E-state index in [1.54, 1.807) is 37.3 Å². The van der Waals surface area contributed by atoms with Gasteiger partial charge in [0.15, 0.2) is 0 Å². The third kappa shape index (κ3) is 3.77. The number of halogens is 2. The Morgan fingerprint density at radius 1 is 1.19 bits per heavy atom. The van der Waals surface area contributed by atoms with Gasteiger partial charge in [-0.3, -0.25) is 14.5 Å². The van der Waals surface area contributed by atoms with Crippen LogP contribution in [0.25, 0.3) is 0 Å². The Morgan fingerprint density at radius 2 is 1.93 bits per heavy atom. The van der Waals surface area contributed by atoms with Gasteiger partial charge >= 0.3 is 6.03 Å². The Kier molecular flexibility index (Phi) is 5.13. The number of benzene rings is 2. The zero-order chi connectivity index (χ0) is 19.8. The molecular weight excluding hydrogens is 389 g/mol. The number of anilines is 1.